The van der Waals surface area contributed by atoms with Gasteiger partial charge in [0.2, 0.25) is 0 Å². The maximum absolute atomic E-state index is 12.2. The molecule has 0 bridgehead atoms. The zero-order valence-corrected chi connectivity index (χ0v) is 15.8. The average Bonchev–Trinajstić information content (AvgIpc) is 3.17. The number of aryl methyl sites for hydroxylation is 1. The van der Waals surface area contributed by atoms with Gasteiger partial charge in [0.15, 0.2) is 0 Å². The van der Waals surface area contributed by atoms with Crippen LogP contribution in [-0.4, -0.2) is 19.5 Å². The number of aromatic nitrogens is 4. The molecule has 5 rings (SSSR count). The fraction of sp³-hybridized carbons (Fsp3) is 0.0870. The minimum absolute atomic E-state index is 0.141. The number of nitrogens with one attached hydrogen (secondary N) is 1. The third kappa shape index (κ3) is 3.14. The van der Waals surface area contributed by atoms with Crippen LogP contribution in [0.25, 0.3) is 27.5 Å². The average molecular weight is 382 g/mol. The molecule has 142 valence electrons. The van der Waals surface area contributed by atoms with E-state index in [1.807, 2.05) is 24.3 Å². The Morgan fingerprint density at radius 2 is 1.93 bits per heavy atom. The molecular weight excluding hydrogens is 364 g/mol. The number of fused-ring (bicyclic) bond motifs is 2. The summed E-state index contributed by atoms with van der Waals surface area (Å²) in [6, 6.07) is 18.1. The molecule has 0 saturated carbocycles. The third-order valence-corrected chi connectivity index (χ3v) is 4.98. The minimum Gasteiger partial charge on any atom is -0.426 e. The molecule has 0 unspecified atom stereocenters. The van der Waals surface area contributed by atoms with E-state index in [4.69, 9.17) is 4.74 Å². The number of H-pyrrole nitrogens is 1. The summed E-state index contributed by atoms with van der Waals surface area (Å²) in [5.41, 5.74) is 3.75. The smallest absolute Gasteiger partial charge is 0.302 e. The second-order valence-corrected chi connectivity index (χ2v) is 6.79. The Kier molecular flexibility index (Phi) is 4.09. The Hall–Kier alpha value is -3.93. The van der Waals surface area contributed by atoms with Gasteiger partial charge in [0.1, 0.15) is 5.75 Å². The molecule has 0 aliphatic heterocycles. The van der Waals surface area contributed by atoms with Gasteiger partial charge in [-0.05, 0) is 60.5 Å². The quantitative estimate of drug-likeness (QED) is 0.492. The van der Waals surface area contributed by atoms with Gasteiger partial charge in [-0.1, -0.05) is 13.0 Å². The fourth-order valence-corrected chi connectivity index (χ4v) is 3.44. The van der Waals surface area contributed by atoms with E-state index >= 15 is 0 Å². The van der Waals surface area contributed by atoms with Gasteiger partial charge in [0, 0.05) is 23.5 Å². The van der Waals surface area contributed by atoms with Crippen LogP contribution in [0.3, 0.4) is 0 Å². The van der Waals surface area contributed by atoms with Gasteiger partial charge in [-0.15, -0.1) is 0 Å². The summed E-state index contributed by atoms with van der Waals surface area (Å²) in [4.78, 5) is 23.1. The molecule has 0 spiro atoms. The predicted molar refractivity (Wildman–Crippen MR) is 113 cm³/mol. The molecule has 0 atom stereocenters. The molecule has 2 aromatic carbocycles. The maximum atomic E-state index is 12.2. The summed E-state index contributed by atoms with van der Waals surface area (Å²) in [6.07, 6.45) is 6.19. The van der Waals surface area contributed by atoms with Crippen molar-refractivity contribution in [3.05, 3.63) is 89.1 Å². The SMILES string of the molecule is CCc1ccc2c(ccn2-c2ccc(Oc3nc4cnccc4c(=O)[nH]3)cc2)c1. The van der Waals surface area contributed by atoms with Gasteiger partial charge in [-0.25, -0.2) is 0 Å². The van der Waals surface area contributed by atoms with Crippen LogP contribution in [-0.2, 0) is 6.42 Å². The molecule has 0 aliphatic rings. The van der Waals surface area contributed by atoms with Crippen molar-refractivity contribution in [2.45, 2.75) is 13.3 Å². The van der Waals surface area contributed by atoms with Crippen molar-refractivity contribution < 1.29 is 4.74 Å². The molecule has 29 heavy (non-hydrogen) atoms. The highest BCUT2D eigenvalue weighted by Gasteiger charge is 2.07. The van der Waals surface area contributed by atoms with Crippen molar-refractivity contribution >= 4 is 21.8 Å². The first-order valence-electron chi connectivity index (χ1n) is 9.43. The van der Waals surface area contributed by atoms with Crippen LogP contribution >= 0.6 is 0 Å². The molecule has 3 aromatic heterocycles. The van der Waals surface area contributed by atoms with Crippen LogP contribution < -0.4 is 10.3 Å². The highest BCUT2D eigenvalue weighted by atomic mass is 16.5. The van der Waals surface area contributed by atoms with Gasteiger partial charge in [-0.3, -0.25) is 14.8 Å². The number of ether oxygens (including phenoxy) is 1. The van der Waals surface area contributed by atoms with Crippen LogP contribution in [0, 0.1) is 0 Å². The van der Waals surface area contributed by atoms with Crippen molar-refractivity contribution in [1.29, 1.82) is 0 Å². The van der Waals surface area contributed by atoms with Gasteiger partial charge in [0.25, 0.3) is 5.56 Å². The standard InChI is InChI=1S/C23H18N4O2/c1-2-15-3-8-21-16(13-15)10-12-27(21)17-4-6-18(7-5-17)29-23-25-20-14-24-11-9-19(20)22(28)26-23/h3-14H,2H2,1H3,(H,25,26,28). The van der Waals surface area contributed by atoms with Crippen LogP contribution in [0.4, 0.5) is 0 Å². The number of rotatable bonds is 4. The lowest BCUT2D eigenvalue weighted by Gasteiger charge is -2.09. The molecule has 6 nitrogen and oxygen atoms in total. The molecule has 0 fully saturated rings. The van der Waals surface area contributed by atoms with Crippen molar-refractivity contribution in [3.63, 3.8) is 0 Å². The number of hydrogen-bond donors (Lipinski definition) is 1. The van der Waals surface area contributed by atoms with Crippen LogP contribution in [0.1, 0.15) is 12.5 Å². The monoisotopic (exact) mass is 382 g/mol. The van der Waals surface area contributed by atoms with Gasteiger partial charge in [0.05, 0.1) is 22.6 Å². The van der Waals surface area contributed by atoms with E-state index < -0.39 is 0 Å². The Balaban J connectivity index is 1.44. The van der Waals surface area contributed by atoms with E-state index in [9.17, 15) is 4.79 Å². The normalized spacial score (nSPS) is 11.2. The summed E-state index contributed by atoms with van der Waals surface area (Å²) < 4.78 is 7.89. The molecule has 0 aliphatic carbocycles. The van der Waals surface area contributed by atoms with E-state index in [1.165, 1.54) is 10.9 Å². The lowest BCUT2D eigenvalue weighted by atomic mass is 10.1. The van der Waals surface area contributed by atoms with E-state index in [0.29, 0.717) is 16.7 Å². The van der Waals surface area contributed by atoms with Crippen LogP contribution in [0.15, 0.2) is 78.0 Å². The summed E-state index contributed by atoms with van der Waals surface area (Å²) >= 11 is 0. The van der Waals surface area contributed by atoms with E-state index in [1.54, 1.807) is 18.5 Å². The molecule has 0 saturated heterocycles. The summed E-state index contributed by atoms with van der Waals surface area (Å²) in [5, 5.41) is 1.70. The molecule has 0 radical (unpaired) electrons. The van der Waals surface area contributed by atoms with Crippen molar-refractivity contribution in [1.82, 2.24) is 19.5 Å². The highest BCUT2D eigenvalue weighted by Crippen LogP contribution is 2.25. The molecule has 3 heterocycles. The van der Waals surface area contributed by atoms with Crippen LogP contribution in [0.5, 0.6) is 11.8 Å². The number of hydrogen-bond acceptors (Lipinski definition) is 4. The zero-order chi connectivity index (χ0) is 19.8. The molecular formula is C23H18N4O2. The Labute approximate surface area is 166 Å². The van der Waals surface area contributed by atoms with Crippen molar-refractivity contribution in [2.24, 2.45) is 0 Å². The topological polar surface area (TPSA) is 72.8 Å². The van der Waals surface area contributed by atoms with E-state index in [-0.39, 0.29) is 11.6 Å². The Morgan fingerprint density at radius 1 is 1.07 bits per heavy atom. The number of benzene rings is 2. The summed E-state index contributed by atoms with van der Waals surface area (Å²) in [7, 11) is 0. The molecule has 0 amide bonds. The Morgan fingerprint density at radius 3 is 2.76 bits per heavy atom. The molecule has 5 aromatic rings. The minimum atomic E-state index is -0.255. The molecule has 6 heteroatoms. The number of aromatic amines is 1. The highest BCUT2D eigenvalue weighted by molar-refractivity contribution is 5.82. The second kappa shape index (κ2) is 6.91. The van der Waals surface area contributed by atoms with Crippen molar-refractivity contribution in [3.8, 4) is 17.4 Å². The van der Waals surface area contributed by atoms with Gasteiger partial charge >= 0.3 is 6.01 Å². The Bertz CT molecular complexity index is 1380. The maximum Gasteiger partial charge on any atom is 0.302 e. The first kappa shape index (κ1) is 17.2. The third-order valence-electron chi connectivity index (χ3n) is 4.98. The first-order chi connectivity index (χ1) is 14.2. The second-order valence-electron chi connectivity index (χ2n) is 6.79. The lowest BCUT2D eigenvalue weighted by molar-refractivity contribution is 0.442. The number of nitrogens with zero attached hydrogens (tertiary/aromatic N) is 3. The summed E-state index contributed by atoms with van der Waals surface area (Å²) in [6.45, 7) is 2.16. The predicted octanol–water partition coefficient (Wildman–Crippen LogP) is 4.62. The van der Waals surface area contributed by atoms with Crippen molar-refractivity contribution in [2.75, 3.05) is 0 Å². The lowest BCUT2D eigenvalue weighted by Crippen LogP contribution is -2.09. The van der Waals surface area contributed by atoms with Gasteiger partial charge in [-0.2, -0.15) is 4.98 Å². The van der Waals surface area contributed by atoms with E-state index in [2.05, 4.69) is 56.9 Å². The summed E-state index contributed by atoms with van der Waals surface area (Å²) in [5.74, 6) is 0.588. The number of pyridine rings is 1. The fourth-order valence-electron chi connectivity index (χ4n) is 3.44. The largest absolute Gasteiger partial charge is 0.426 e. The van der Waals surface area contributed by atoms with Crippen LogP contribution in [0.2, 0.25) is 0 Å². The molecule has 1 N–H and O–H groups in total. The van der Waals surface area contributed by atoms with Gasteiger partial charge < -0.3 is 9.30 Å². The zero-order valence-electron chi connectivity index (χ0n) is 15.8. The van der Waals surface area contributed by atoms with E-state index in [0.717, 1.165) is 17.6 Å². The first-order valence-corrected chi connectivity index (χ1v) is 9.43.